The van der Waals surface area contributed by atoms with Gasteiger partial charge in [-0.1, -0.05) is 30.2 Å². The van der Waals surface area contributed by atoms with Crippen molar-refractivity contribution in [1.82, 2.24) is 4.90 Å². The summed E-state index contributed by atoms with van der Waals surface area (Å²) in [5.74, 6) is 0.742. The predicted molar refractivity (Wildman–Crippen MR) is 75.2 cm³/mol. The lowest BCUT2D eigenvalue weighted by Crippen LogP contribution is -2.58. The van der Waals surface area contributed by atoms with Crippen molar-refractivity contribution in [1.29, 1.82) is 0 Å². The van der Waals surface area contributed by atoms with Crippen LogP contribution in [0, 0.1) is 0 Å². The maximum Gasteiger partial charge on any atom is 0.137 e. The van der Waals surface area contributed by atoms with Gasteiger partial charge in [-0.15, -0.1) is 0 Å². The Morgan fingerprint density at radius 3 is 2.83 bits per heavy atom. The fourth-order valence-corrected chi connectivity index (χ4v) is 2.69. The molecule has 0 saturated carbocycles. The summed E-state index contributed by atoms with van der Waals surface area (Å²) in [6, 6.07) is 7.58. The SMILES string of the molecule is CN1CCCCC1(CN)COc1ccccc1Cl. The summed E-state index contributed by atoms with van der Waals surface area (Å²) >= 11 is 6.10. The van der Waals surface area contributed by atoms with E-state index >= 15 is 0 Å². The van der Waals surface area contributed by atoms with Crippen LogP contribution >= 0.6 is 11.6 Å². The fourth-order valence-electron chi connectivity index (χ4n) is 2.50. The van der Waals surface area contributed by atoms with E-state index in [1.165, 1.54) is 12.8 Å². The summed E-state index contributed by atoms with van der Waals surface area (Å²) in [7, 11) is 2.13. The molecule has 1 aromatic carbocycles. The van der Waals surface area contributed by atoms with Gasteiger partial charge in [-0.3, -0.25) is 4.90 Å². The largest absolute Gasteiger partial charge is 0.490 e. The van der Waals surface area contributed by atoms with Gasteiger partial charge in [0.15, 0.2) is 0 Å². The molecule has 2 rings (SSSR count). The molecule has 0 bridgehead atoms. The molecule has 1 aromatic rings. The summed E-state index contributed by atoms with van der Waals surface area (Å²) in [4.78, 5) is 2.33. The van der Waals surface area contributed by atoms with Crippen LogP contribution < -0.4 is 10.5 Å². The van der Waals surface area contributed by atoms with Crippen LogP contribution in [0.2, 0.25) is 5.02 Å². The van der Waals surface area contributed by atoms with Gasteiger partial charge in [0.25, 0.3) is 0 Å². The Morgan fingerprint density at radius 1 is 1.39 bits per heavy atom. The van der Waals surface area contributed by atoms with E-state index < -0.39 is 0 Å². The number of likely N-dealkylation sites (tertiary alicyclic amines) is 1. The van der Waals surface area contributed by atoms with Crippen molar-refractivity contribution < 1.29 is 4.74 Å². The van der Waals surface area contributed by atoms with E-state index in [1.807, 2.05) is 24.3 Å². The van der Waals surface area contributed by atoms with Crippen LogP contribution in [0.3, 0.4) is 0 Å². The Kier molecular flexibility index (Phi) is 4.49. The Balaban J connectivity index is 2.05. The molecule has 0 spiro atoms. The van der Waals surface area contributed by atoms with Crippen LogP contribution in [-0.2, 0) is 0 Å². The summed E-state index contributed by atoms with van der Waals surface area (Å²) < 4.78 is 5.89. The molecule has 18 heavy (non-hydrogen) atoms. The summed E-state index contributed by atoms with van der Waals surface area (Å²) in [5, 5.41) is 0.656. The van der Waals surface area contributed by atoms with E-state index in [4.69, 9.17) is 22.1 Å². The third kappa shape index (κ3) is 2.79. The smallest absolute Gasteiger partial charge is 0.137 e. The second-order valence-corrected chi connectivity index (χ2v) is 5.43. The Hall–Kier alpha value is -0.770. The molecule has 1 fully saturated rings. The van der Waals surface area contributed by atoms with Crippen molar-refractivity contribution in [2.75, 3.05) is 26.7 Å². The molecule has 0 aliphatic carbocycles. The standard InChI is InChI=1S/C14H21ClN2O/c1-17-9-5-4-8-14(17,10-16)11-18-13-7-3-2-6-12(13)15/h2-3,6-7H,4-5,8-11,16H2,1H3. The van der Waals surface area contributed by atoms with Crippen LogP contribution in [0.15, 0.2) is 24.3 Å². The van der Waals surface area contributed by atoms with E-state index in [1.54, 1.807) is 0 Å². The third-order valence-corrected chi connectivity index (χ3v) is 4.22. The van der Waals surface area contributed by atoms with Gasteiger partial charge in [-0.2, -0.15) is 0 Å². The summed E-state index contributed by atoms with van der Waals surface area (Å²) in [6.45, 7) is 2.31. The normalized spacial score (nSPS) is 25.1. The van der Waals surface area contributed by atoms with Gasteiger partial charge in [-0.05, 0) is 38.6 Å². The average molecular weight is 269 g/mol. The first-order valence-electron chi connectivity index (χ1n) is 6.47. The minimum Gasteiger partial charge on any atom is -0.490 e. The molecule has 100 valence electrons. The first kappa shape index (κ1) is 13.7. The van der Waals surface area contributed by atoms with Crippen molar-refractivity contribution >= 4 is 11.6 Å². The number of piperidine rings is 1. The van der Waals surface area contributed by atoms with Crippen molar-refractivity contribution in [3.8, 4) is 5.75 Å². The number of hydrogen-bond acceptors (Lipinski definition) is 3. The molecular formula is C14H21ClN2O. The first-order chi connectivity index (χ1) is 8.68. The fraction of sp³-hybridized carbons (Fsp3) is 0.571. The van der Waals surface area contributed by atoms with Crippen molar-refractivity contribution in [3.63, 3.8) is 0 Å². The van der Waals surface area contributed by atoms with Gasteiger partial charge in [0.05, 0.1) is 10.6 Å². The second kappa shape index (κ2) is 5.91. The molecule has 1 aliphatic heterocycles. The number of benzene rings is 1. The molecular weight excluding hydrogens is 248 g/mol. The van der Waals surface area contributed by atoms with E-state index in [9.17, 15) is 0 Å². The van der Waals surface area contributed by atoms with Crippen molar-refractivity contribution in [2.45, 2.75) is 24.8 Å². The predicted octanol–water partition coefficient (Wildman–Crippen LogP) is 2.53. The highest BCUT2D eigenvalue weighted by molar-refractivity contribution is 6.32. The molecule has 4 heteroatoms. The first-order valence-corrected chi connectivity index (χ1v) is 6.84. The number of hydrogen-bond donors (Lipinski definition) is 1. The molecule has 1 atom stereocenters. The highest BCUT2D eigenvalue weighted by Crippen LogP contribution is 2.29. The Labute approximate surface area is 114 Å². The lowest BCUT2D eigenvalue weighted by molar-refractivity contribution is 0.0340. The van der Waals surface area contributed by atoms with Crippen LogP contribution in [0.25, 0.3) is 0 Å². The second-order valence-electron chi connectivity index (χ2n) is 5.03. The summed E-state index contributed by atoms with van der Waals surface area (Å²) in [6.07, 6.45) is 3.54. The quantitative estimate of drug-likeness (QED) is 0.912. The monoisotopic (exact) mass is 268 g/mol. The van der Waals surface area contributed by atoms with Gasteiger partial charge < -0.3 is 10.5 Å². The van der Waals surface area contributed by atoms with Crippen LogP contribution in [0.5, 0.6) is 5.75 Å². The highest BCUT2D eigenvalue weighted by atomic mass is 35.5. The molecule has 0 amide bonds. The van der Waals surface area contributed by atoms with Crippen molar-refractivity contribution in [2.24, 2.45) is 5.73 Å². The van der Waals surface area contributed by atoms with Gasteiger partial charge in [0.2, 0.25) is 0 Å². The molecule has 2 N–H and O–H groups in total. The van der Waals surface area contributed by atoms with E-state index in [2.05, 4.69) is 11.9 Å². The highest BCUT2D eigenvalue weighted by Gasteiger charge is 2.36. The summed E-state index contributed by atoms with van der Waals surface area (Å²) in [5.41, 5.74) is 5.93. The zero-order chi connectivity index (χ0) is 13.0. The van der Waals surface area contributed by atoms with Crippen molar-refractivity contribution in [3.05, 3.63) is 29.3 Å². The number of ether oxygens (including phenoxy) is 1. The van der Waals surface area contributed by atoms with Gasteiger partial charge in [-0.25, -0.2) is 0 Å². The van der Waals surface area contributed by atoms with Crippen LogP contribution in [0.4, 0.5) is 0 Å². The van der Waals surface area contributed by atoms with Gasteiger partial charge >= 0.3 is 0 Å². The van der Waals surface area contributed by atoms with E-state index in [-0.39, 0.29) is 5.54 Å². The Morgan fingerprint density at radius 2 is 2.17 bits per heavy atom. The molecule has 1 aliphatic rings. The van der Waals surface area contributed by atoms with Gasteiger partial charge in [0, 0.05) is 6.54 Å². The van der Waals surface area contributed by atoms with Crippen LogP contribution in [0.1, 0.15) is 19.3 Å². The van der Waals surface area contributed by atoms with E-state index in [0.717, 1.165) is 18.7 Å². The lowest BCUT2D eigenvalue weighted by Gasteiger charge is -2.44. The van der Waals surface area contributed by atoms with E-state index in [0.29, 0.717) is 18.2 Å². The third-order valence-electron chi connectivity index (χ3n) is 3.91. The maximum absolute atomic E-state index is 6.10. The molecule has 1 unspecified atom stereocenters. The number of halogens is 1. The molecule has 1 heterocycles. The molecule has 0 radical (unpaired) electrons. The number of nitrogens with two attached hydrogens (primary N) is 1. The number of nitrogens with zero attached hydrogens (tertiary/aromatic N) is 1. The minimum atomic E-state index is -0.0442. The van der Waals surface area contributed by atoms with Gasteiger partial charge in [0.1, 0.15) is 12.4 Å². The zero-order valence-electron chi connectivity index (χ0n) is 10.9. The Bertz CT molecular complexity index is 399. The number of rotatable bonds is 4. The lowest BCUT2D eigenvalue weighted by atomic mass is 9.88. The van der Waals surface area contributed by atoms with Crippen LogP contribution in [-0.4, -0.2) is 37.2 Å². The number of para-hydroxylation sites is 1. The molecule has 0 aromatic heterocycles. The minimum absolute atomic E-state index is 0.0442. The zero-order valence-corrected chi connectivity index (χ0v) is 11.6. The molecule has 3 nitrogen and oxygen atoms in total. The number of likely N-dealkylation sites (N-methyl/N-ethyl adjacent to an activating group) is 1. The average Bonchev–Trinajstić information content (AvgIpc) is 2.40. The molecule has 1 saturated heterocycles. The topological polar surface area (TPSA) is 38.5 Å². The maximum atomic E-state index is 6.10.